The molecule has 146 valence electrons. The maximum Gasteiger partial charge on any atom is 0.191 e. The highest BCUT2D eigenvalue weighted by Gasteiger charge is 2.20. The molecule has 1 aromatic carbocycles. The normalized spacial score (nSPS) is 16.8. The minimum absolute atomic E-state index is 0.487. The molecule has 0 unspecified atom stereocenters. The van der Waals surface area contributed by atoms with Crippen LogP contribution in [0, 0.1) is 5.92 Å². The second kappa shape index (κ2) is 10.8. The van der Waals surface area contributed by atoms with Gasteiger partial charge >= 0.3 is 0 Å². The third kappa shape index (κ3) is 6.80. The van der Waals surface area contributed by atoms with Crippen molar-refractivity contribution in [2.24, 2.45) is 10.9 Å². The van der Waals surface area contributed by atoms with Gasteiger partial charge in [0.25, 0.3) is 0 Å². The van der Waals surface area contributed by atoms with Crippen LogP contribution in [0.15, 0.2) is 27.7 Å². The van der Waals surface area contributed by atoms with E-state index in [9.17, 15) is 0 Å². The van der Waals surface area contributed by atoms with Gasteiger partial charge < -0.3 is 20.3 Å². The zero-order valence-corrected chi connectivity index (χ0v) is 18.1. The Kier molecular flexibility index (Phi) is 8.72. The SMILES string of the molecule is CCNC(=NCc1cc(Br)ccc1OC)NC1CCN(CC(C)C)CC1. The van der Waals surface area contributed by atoms with Gasteiger partial charge in [-0.15, -0.1) is 0 Å². The molecular weight excluding hydrogens is 392 g/mol. The lowest BCUT2D eigenvalue weighted by Crippen LogP contribution is -2.49. The van der Waals surface area contributed by atoms with Crippen LogP contribution >= 0.6 is 15.9 Å². The average molecular weight is 425 g/mol. The van der Waals surface area contributed by atoms with Gasteiger partial charge in [0.2, 0.25) is 0 Å². The summed E-state index contributed by atoms with van der Waals surface area (Å²) in [6.45, 7) is 11.6. The Balaban J connectivity index is 1.94. The molecule has 1 fully saturated rings. The van der Waals surface area contributed by atoms with Crippen molar-refractivity contribution >= 4 is 21.9 Å². The van der Waals surface area contributed by atoms with Gasteiger partial charge in [-0.1, -0.05) is 29.8 Å². The van der Waals surface area contributed by atoms with E-state index < -0.39 is 0 Å². The van der Waals surface area contributed by atoms with E-state index in [-0.39, 0.29) is 0 Å². The molecule has 1 aromatic rings. The lowest BCUT2D eigenvalue weighted by molar-refractivity contribution is 0.187. The smallest absolute Gasteiger partial charge is 0.191 e. The van der Waals surface area contributed by atoms with Crippen LogP contribution < -0.4 is 15.4 Å². The molecular formula is C20H33BrN4O. The fraction of sp³-hybridized carbons (Fsp3) is 0.650. The van der Waals surface area contributed by atoms with Crippen molar-refractivity contribution in [1.82, 2.24) is 15.5 Å². The van der Waals surface area contributed by atoms with Crippen LogP contribution in [0.5, 0.6) is 5.75 Å². The van der Waals surface area contributed by atoms with E-state index in [0.717, 1.165) is 60.1 Å². The van der Waals surface area contributed by atoms with Crippen LogP contribution in [0.1, 0.15) is 39.2 Å². The summed E-state index contributed by atoms with van der Waals surface area (Å²) in [5, 5.41) is 6.98. The minimum Gasteiger partial charge on any atom is -0.496 e. The highest BCUT2D eigenvalue weighted by atomic mass is 79.9. The van der Waals surface area contributed by atoms with Crippen LogP contribution in [0.3, 0.4) is 0 Å². The Morgan fingerprint density at radius 3 is 2.69 bits per heavy atom. The van der Waals surface area contributed by atoms with E-state index in [1.54, 1.807) is 7.11 Å². The van der Waals surface area contributed by atoms with Gasteiger partial charge in [-0.05, 0) is 43.9 Å². The molecule has 1 aliphatic heterocycles. The molecule has 0 spiro atoms. The summed E-state index contributed by atoms with van der Waals surface area (Å²) in [6.07, 6.45) is 2.33. The fourth-order valence-corrected chi connectivity index (χ4v) is 3.73. The van der Waals surface area contributed by atoms with Gasteiger partial charge in [0.1, 0.15) is 5.75 Å². The maximum atomic E-state index is 5.45. The molecule has 2 N–H and O–H groups in total. The van der Waals surface area contributed by atoms with Crippen molar-refractivity contribution in [3.05, 3.63) is 28.2 Å². The number of hydrogen-bond donors (Lipinski definition) is 2. The Morgan fingerprint density at radius 1 is 1.35 bits per heavy atom. The van der Waals surface area contributed by atoms with E-state index in [1.807, 2.05) is 12.1 Å². The van der Waals surface area contributed by atoms with Gasteiger partial charge in [0.15, 0.2) is 5.96 Å². The standard InChI is InChI=1S/C20H33BrN4O/c1-5-22-20(23-13-16-12-17(21)6-7-19(16)26-4)24-18-8-10-25(11-9-18)14-15(2)3/h6-7,12,15,18H,5,8-11,13-14H2,1-4H3,(H2,22,23,24). The van der Waals surface area contributed by atoms with Gasteiger partial charge in [-0.3, -0.25) is 0 Å². The zero-order valence-electron chi connectivity index (χ0n) is 16.5. The number of aliphatic imine (C=N–C) groups is 1. The van der Waals surface area contributed by atoms with Crippen LogP contribution in [0.25, 0.3) is 0 Å². The summed E-state index contributed by atoms with van der Waals surface area (Å²) in [5.41, 5.74) is 1.07. The first-order valence-electron chi connectivity index (χ1n) is 9.61. The van der Waals surface area contributed by atoms with Gasteiger partial charge in [0, 0.05) is 42.3 Å². The largest absolute Gasteiger partial charge is 0.496 e. The summed E-state index contributed by atoms with van der Waals surface area (Å²) < 4.78 is 6.49. The van der Waals surface area contributed by atoms with Crippen molar-refractivity contribution in [1.29, 1.82) is 0 Å². The molecule has 0 aliphatic carbocycles. The second-order valence-electron chi connectivity index (χ2n) is 7.26. The highest BCUT2D eigenvalue weighted by Crippen LogP contribution is 2.23. The predicted octanol–water partition coefficient (Wildman–Crippen LogP) is 3.63. The molecule has 2 rings (SSSR count). The number of likely N-dealkylation sites (tertiary alicyclic amines) is 1. The van der Waals surface area contributed by atoms with Crippen molar-refractivity contribution in [2.45, 2.75) is 46.2 Å². The maximum absolute atomic E-state index is 5.45. The molecule has 6 heteroatoms. The summed E-state index contributed by atoms with van der Waals surface area (Å²) in [6, 6.07) is 6.51. The third-order valence-corrected chi connectivity index (χ3v) is 5.04. The van der Waals surface area contributed by atoms with Crippen LogP contribution in [-0.4, -0.2) is 50.2 Å². The molecule has 0 bridgehead atoms. The summed E-state index contributed by atoms with van der Waals surface area (Å²) >= 11 is 3.53. The summed E-state index contributed by atoms with van der Waals surface area (Å²) in [7, 11) is 1.70. The predicted molar refractivity (Wildman–Crippen MR) is 113 cm³/mol. The summed E-state index contributed by atoms with van der Waals surface area (Å²) in [4.78, 5) is 7.34. The van der Waals surface area contributed by atoms with Gasteiger partial charge in [-0.2, -0.15) is 0 Å². The van der Waals surface area contributed by atoms with E-state index >= 15 is 0 Å². The molecule has 1 saturated heterocycles. The molecule has 1 heterocycles. The Morgan fingerprint density at radius 2 is 2.08 bits per heavy atom. The number of methoxy groups -OCH3 is 1. The van der Waals surface area contributed by atoms with E-state index in [2.05, 4.69) is 58.3 Å². The molecule has 0 atom stereocenters. The average Bonchev–Trinajstić information content (AvgIpc) is 2.61. The first-order valence-corrected chi connectivity index (χ1v) is 10.4. The molecule has 0 saturated carbocycles. The zero-order chi connectivity index (χ0) is 18.9. The Hall–Kier alpha value is -1.27. The first-order chi connectivity index (χ1) is 12.5. The van der Waals surface area contributed by atoms with Crippen LogP contribution in [-0.2, 0) is 6.54 Å². The molecule has 0 aromatic heterocycles. The molecule has 26 heavy (non-hydrogen) atoms. The number of rotatable bonds is 7. The Bertz CT molecular complexity index is 583. The van der Waals surface area contributed by atoms with Crippen molar-refractivity contribution < 1.29 is 4.74 Å². The van der Waals surface area contributed by atoms with Crippen molar-refractivity contribution in [3.8, 4) is 5.75 Å². The monoisotopic (exact) mass is 424 g/mol. The number of nitrogens with one attached hydrogen (secondary N) is 2. The first kappa shape index (κ1) is 21.0. The molecule has 1 aliphatic rings. The van der Waals surface area contributed by atoms with Crippen molar-refractivity contribution in [2.75, 3.05) is 33.3 Å². The fourth-order valence-electron chi connectivity index (χ4n) is 3.32. The lowest BCUT2D eigenvalue weighted by Gasteiger charge is -2.34. The van der Waals surface area contributed by atoms with Crippen LogP contribution in [0.4, 0.5) is 0 Å². The molecule has 0 radical (unpaired) electrons. The van der Waals surface area contributed by atoms with Crippen molar-refractivity contribution in [3.63, 3.8) is 0 Å². The third-order valence-electron chi connectivity index (χ3n) is 4.55. The number of ether oxygens (including phenoxy) is 1. The molecule has 0 amide bonds. The number of nitrogens with zero attached hydrogens (tertiary/aromatic N) is 2. The minimum atomic E-state index is 0.487. The molecule has 5 nitrogen and oxygen atoms in total. The van der Waals surface area contributed by atoms with E-state index in [4.69, 9.17) is 9.73 Å². The van der Waals surface area contributed by atoms with Gasteiger partial charge in [-0.25, -0.2) is 4.99 Å². The Labute approximate surface area is 166 Å². The highest BCUT2D eigenvalue weighted by molar-refractivity contribution is 9.10. The summed E-state index contributed by atoms with van der Waals surface area (Å²) in [5.74, 6) is 2.49. The number of benzene rings is 1. The number of piperidine rings is 1. The number of halogens is 1. The quantitative estimate of drug-likeness (QED) is 0.518. The van der Waals surface area contributed by atoms with Gasteiger partial charge in [0.05, 0.1) is 13.7 Å². The lowest BCUT2D eigenvalue weighted by atomic mass is 10.0. The number of hydrogen-bond acceptors (Lipinski definition) is 3. The number of guanidine groups is 1. The topological polar surface area (TPSA) is 48.9 Å². The van der Waals surface area contributed by atoms with E-state index in [1.165, 1.54) is 6.54 Å². The van der Waals surface area contributed by atoms with Crippen LogP contribution in [0.2, 0.25) is 0 Å². The van der Waals surface area contributed by atoms with E-state index in [0.29, 0.717) is 12.6 Å². The second-order valence-corrected chi connectivity index (χ2v) is 8.18.